The number of aryl methyl sites for hydroxylation is 2. The van der Waals surface area contributed by atoms with Crippen LogP contribution < -0.4 is 9.75 Å². The third-order valence-electron chi connectivity index (χ3n) is 5.34. The van der Waals surface area contributed by atoms with Crippen LogP contribution in [-0.4, -0.2) is 26.5 Å². The first-order valence-electron chi connectivity index (χ1n) is 9.65. The summed E-state index contributed by atoms with van der Waals surface area (Å²) < 4.78 is 35.7. The molecule has 0 saturated carbocycles. The Morgan fingerprint density at radius 1 is 1.07 bits per heavy atom. The maximum atomic E-state index is 14.2. The molecule has 0 radical (unpaired) electrons. The maximum Gasteiger partial charge on any atom is 0.252 e. The van der Waals surface area contributed by atoms with E-state index in [-0.39, 0.29) is 30.4 Å². The van der Waals surface area contributed by atoms with Gasteiger partial charge < -0.3 is 4.74 Å². The number of benzene rings is 2. The van der Waals surface area contributed by atoms with Crippen molar-refractivity contribution >= 4 is 17.7 Å². The first-order valence-corrected chi connectivity index (χ1v) is 10.6. The number of hydrogen-bond acceptors (Lipinski definition) is 5. The van der Waals surface area contributed by atoms with Crippen LogP contribution in [0.3, 0.4) is 0 Å². The zero-order chi connectivity index (χ0) is 20.7. The molecule has 1 aliphatic heterocycles. The summed E-state index contributed by atoms with van der Waals surface area (Å²) in [6.45, 7) is -0.176. The predicted octanol–water partition coefficient (Wildman–Crippen LogP) is 3.39. The first-order chi connectivity index (χ1) is 14.6. The van der Waals surface area contributed by atoms with E-state index in [1.807, 2.05) is 12.1 Å². The van der Waals surface area contributed by atoms with Crippen LogP contribution in [0.1, 0.15) is 28.9 Å². The topological polar surface area (TPSA) is 60.2 Å². The molecule has 154 valence electrons. The second-order valence-electron chi connectivity index (χ2n) is 7.22. The number of nitrogens with zero attached hydrogens (tertiary/aromatic N) is 4. The molecule has 0 spiro atoms. The Balaban J connectivity index is 1.41. The minimum Gasteiger partial charge on any atom is -0.486 e. The van der Waals surface area contributed by atoms with Crippen molar-refractivity contribution in [3.05, 3.63) is 70.5 Å². The Hall–Kier alpha value is -2.94. The molecule has 2 heterocycles. The molecule has 30 heavy (non-hydrogen) atoms. The molecule has 1 aliphatic carbocycles. The van der Waals surface area contributed by atoms with Gasteiger partial charge in [0.1, 0.15) is 24.0 Å². The molecule has 0 bridgehead atoms. The molecule has 0 fully saturated rings. The minimum absolute atomic E-state index is 0.0792. The summed E-state index contributed by atoms with van der Waals surface area (Å²) >= 11 is 1.23. The Bertz CT molecular complexity index is 1110. The van der Waals surface area contributed by atoms with Crippen molar-refractivity contribution in [2.75, 3.05) is 10.8 Å². The van der Waals surface area contributed by atoms with E-state index in [0.29, 0.717) is 11.0 Å². The third kappa shape index (κ3) is 3.43. The molecule has 1 amide bonds. The smallest absolute Gasteiger partial charge is 0.252 e. The minimum atomic E-state index is -0.702. The normalized spacial score (nSPS) is 15.3. The zero-order valence-corrected chi connectivity index (χ0v) is 16.8. The molecular weight excluding hydrogens is 410 g/mol. The van der Waals surface area contributed by atoms with Crippen LogP contribution in [0.5, 0.6) is 5.75 Å². The van der Waals surface area contributed by atoms with Crippen molar-refractivity contribution in [1.29, 1.82) is 0 Å². The van der Waals surface area contributed by atoms with Gasteiger partial charge in [-0.1, -0.05) is 23.9 Å². The Labute approximate surface area is 175 Å². The SMILES string of the molecule is O=C1CSc2nnc(COc3ccc4c(c3)CCC4)n2N1Cc1c(F)cccc1F. The second-order valence-corrected chi connectivity index (χ2v) is 8.17. The first kappa shape index (κ1) is 19.0. The molecule has 5 rings (SSSR count). The number of hydrogen-bond donors (Lipinski definition) is 0. The van der Waals surface area contributed by atoms with Crippen LogP contribution in [-0.2, 0) is 30.8 Å². The molecule has 0 atom stereocenters. The number of carbonyl (C=O) groups is 1. The Morgan fingerprint density at radius 3 is 2.70 bits per heavy atom. The predicted molar refractivity (Wildman–Crippen MR) is 107 cm³/mol. The number of fused-ring (bicyclic) bond motifs is 2. The van der Waals surface area contributed by atoms with Gasteiger partial charge in [-0.3, -0.25) is 4.79 Å². The quantitative estimate of drug-likeness (QED) is 0.624. The fraction of sp³-hybridized carbons (Fsp3) is 0.286. The average Bonchev–Trinajstić information content (AvgIpc) is 3.37. The number of aromatic nitrogens is 3. The Kier molecular flexibility index (Phi) is 4.90. The monoisotopic (exact) mass is 428 g/mol. The highest BCUT2D eigenvalue weighted by molar-refractivity contribution is 7.99. The highest BCUT2D eigenvalue weighted by Gasteiger charge is 2.30. The van der Waals surface area contributed by atoms with Crippen molar-refractivity contribution < 1.29 is 18.3 Å². The number of rotatable bonds is 5. The van der Waals surface area contributed by atoms with Crippen LogP contribution in [0.2, 0.25) is 0 Å². The van der Waals surface area contributed by atoms with Crippen LogP contribution in [0.15, 0.2) is 41.6 Å². The lowest BCUT2D eigenvalue weighted by atomic mass is 10.1. The lowest BCUT2D eigenvalue weighted by Gasteiger charge is -2.29. The van der Waals surface area contributed by atoms with Gasteiger partial charge in [0.25, 0.3) is 5.91 Å². The summed E-state index contributed by atoms with van der Waals surface area (Å²) in [6.07, 6.45) is 3.28. The van der Waals surface area contributed by atoms with Crippen molar-refractivity contribution in [3.8, 4) is 5.75 Å². The van der Waals surface area contributed by atoms with Gasteiger partial charge in [0.2, 0.25) is 5.16 Å². The van der Waals surface area contributed by atoms with Crippen molar-refractivity contribution in [2.24, 2.45) is 0 Å². The van der Waals surface area contributed by atoms with Crippen molar-refractivity contribution in [3.63, 3.8) is 0 Å². The van der Waals surface area contributed by atoms with Gasteiger partial charge >= 0.3 is 0 Å². The number of carbonyl (C=O) groups excluding carboxylic acids is 1. The molecule has 2 aromatic carbocycles. The van der Waals surface area contributed by atoms with E-state index in [4.69, 9.17) is 4.74 Å². The fourth-order valence-electron chi connectivity index (χ4n) is 3.81. The summed E-state index contributed by atoms with van der Waals surface area (Å²) in [7, 11) is 0. The lowest BCUT2D eigenvalue weighted by molar-refractivity contribution is -0.118. The van der Waals surface area contributed by atoms with Gasteiger partial charge in [0, 0.05) is 5.56 Å². The highest BCUT2D eigenvalue weighted by atomic mass is 32.2. The summed E-state index contributed by atoms with van der Waals surface area (Å²) in [5, 5.41) is 10.0. The molecule has 9 heteroatoms. The average molecular weight is 428 g/mol. The molecular formula is C21H18F2N4O2S. The second kappa shape index (κ2) is 7.71. The van der Waals surface area contributed by atoms with E-state index in [0.717, 1.165) is 25.0 Å². The number of thioether (sulfide) groups is 1. The van der Waals surface area contributed by atoms with E-state index in [2.05, 4.69) is 16.3 Å². The van der Waals surface area contributed by atoms with Crippen LogP contribution in [0.4, 0.5) is 8.78 Å². The number of amides is 1. The van der Waals surface area contributed by atoms with Crippen molar-refractivity contribution in [2.45, 2.75) is 37.6 Å². The molecule has 3 aromatic rings. The van der Waals surface area contributed by atoms with Gasteiger partial charge in [-0.15, -0.1) is 10.2 Å². The van der Waals surface area contributed by atoms with Gasteiger partial charge in [0.15, 0.2) is 5.82 Å². The Morgan fingerprint density at radius 2 is 1.87 bits per heavy atom. The van der Waals surface area contributed by atoms with Gasteiger partial charge in [-0.2, -0.15) is 0 Å². The summed E-state index contributed by atoms with van der Waals surface area (Å²) in [4.78, 5) is 12.6. The number of halogens is 2. The van der Waals surface area contributed by atoms with E-state index < -0.39 is 11.6 Å². The van der Waals surface area contributed by atoms with Crippen LogP contribution in [0.25, 0.3) is 0 Å². The van der Waals surface area contributed by atoms with E-state index >= 15 is 0 Å². The van der Waals surface area contributed by atoms with E-state index in [9.17, 15) is 13.6 Å². The standard InChI is InChI=1S/C21H18F2N4O2S/c22-17-5-2-6-18(23)16(17)10-26-20(28)12-30-21-25-24-19(27(21)26)11-29-15-8-7-13-3-1-4-14(13)9-15/h2,5-9H,1,3-4,10-12H2. The van der Waals surface area contributed by atoms with Crippen LogP contribution in [0, 0.1) is 11.6 Å². The maximum absolute atomic E-state index is 14.2. The number of ether oxygens (including phenoxy) is 1. The molecule has 0 saturated heterocycles. The summed E-state index contributed by atoms with van der Waals surface area (Å²) in [5.41, 5.74) is 2.46. The third-order valence-corrected chi connectivity index (χ3v) is 6.24. The molecule has 0 unspecified atom stereocenters. The van der Waals surface area contributed by atoms with Gasteiger partial charge in [-0.05, 0) is 54.7 Å². The van der Waals surface area contributed by atoms with E-state index in [1.54, 1.807) is 0 Å². The molecule has 2 aliphatic rings. The largest absolute Gasteiger partial charge is 0.486 e. The molecule has 6 nitrogen and oxygen atoms in total. The highest BCUT2D eigenvalue weighted by Crippen LogP contribution is 2.28. The molecule has 0 N–H and O–H groups in total. The summed E-state index contributed by atoms with van der Waals surface area (Å²) in [6, 6.07) is 9.66. The lowest BCUT2D eigenvalue weighted by Crippen LogP contribution is -2.45. The fourth-order valence-corrected chi connectivity index (χ4v) is 4.63. The summed E-state index contributed by atoms with van der Waals surface area (Å²) in [5.74, 6) is -0.455. The van der Waals surface area contributed by atoms with Gasteiger partial charge in [0.05, 0.1) is 12.3 Å². The van der Waals surface area contributed by atoms with Gasteiger partial charge in [-0.25, -0.2) is 18.5 Å². The zero-order valence-electron chi connectivity index (χ0n) is 16.0. The van der Waals surface area contributed by atoms with Crippen molar-refractivity contribution in [1.82, 2.24) is 14.9 Å². The van der Waals surface area contributed by atoms with Crippen LogP contribution >= 0.6 is 11.8 Å². The van der Waals surface area contributed by atoms with E-state index in [1.165, 1.54) is 50.8 Å². The molecule has 1 aromatic heterocycles.